The van der Waals surface area contributed by atoms with Gasteiger partial charge in [0.25, 0.3) is 11.5 Å². The number of para-hydroxylation sites is 1. The van der Waals surface area contributed by atoms with Crippen LogP contribution in [0.4, 0.5) is 10.1 Å². The third-order valence-corrected chi connectivity index (χ3v) is 7.91. The van der Waals surface area contributed by atoms with Gasteiger partial charge in [-0.2, -0.15) is 0 Å². The number of hydrogen-bond acceptors (Lipinski definition) is 10. The van der Waals surface area contributed by atoms with E-state index in [1.54, 1.807) is 55.6 Å². The number of methoxy groups -OCH3 is 2. The lowest BCUT2D eigenvalue weighted by molar-refractivity contribution is -0.150. The average molecular weight is 658 g/mol. The van der Waals surface area contributed by atoms with Crippen LogP contribution in [-0.4, -0.2) is 59.7 Å². The molecule has 14 heteroatoms. The molecule has 2 atom stereocenters. The zero-order valence-electron chi connectivity index (χ0n) is 26.3. The van der Waals surface area contributed by atoms with Gasteiger partial charge in [0.15, 0.2) is 23.1 Å². The molecule has 5 aromatic rings. The van der Waals surface area contributed by atoms with Crippen molar-refractivity contribution >= 4 is 28.5 Å². The Kier molecular flexibility index (Phi) is 9.10. The van der Waals surface area contributed by atoms with Crippen LogP contribution in [0.3, 0.4) is 0 Å². The van der Waals surface area contributed by atoms with Gasteiger partial charge in [0.2, 0.25) is 0 Å². The number of fused-ring (bicyclic) bond motifs is 1. The highest BCUT2D eigenvalue weighted by molar-refractivity contribution is 6.05. The Morgan fingerprint density at radius 2 is 1.77 bits per heavy atom. The van der Waals surface area contributed by atoms with E-state index in [0.717, 1.165) is 6.07 Å². The number of benzene rings is 3. The standard InChI is InChI=1S/C34H32FN5O8/c1-39-31(32-26(12-14-46-32)48-29(41)18-36)30(34(43)40(39)20-7-5-4-6-8-20)33(42)38-19-9-10-25(22(35)15-19)47-24-11-13-37-23-17-28(45-3)27(44-2)16-21(23)24/h4-11,13,15-17,26,32H,12,14,18,36H2,1-3H3,(H,38,42)/t26?,32-/m0/s1. The van der Waals surface area contributed by atoms with Crippen LogP contribution >= 0.6 is 0 Å². The van der Waals surface area contributed by atoms with E-state index in [9.17, 15) is 14.4 Å². The molecule has 1 aliphatic rings. The van der Waals surface area contributed by atoms with Gasteiger partial charge in [0, 0.05) is 42.9 Å². The second-order valence-corrected chi connectivity index (χ2v) is 10.8. The molecule has 1 saturated heterocycles. The number of halogens is 1. The summed E-state index contributed by atoms with van der Waals surface area (Å²) in [4.78, 5) is 44.1. The molecule has 48 heavy (non-hydrogen) atoms. The number of hydrogen-bond donors (Lipinski definition) is 2. The Morgan fingerprint density at radius 3 is 2.48 bits per heavy atom. The van der Waals surface area contributed by atoms with E-state index in [1.807, 2.05) is 0 Å². The highest BCUT2D eigenvalue weighted by Gasteiger charge is 2.40. The highest BCUT2D eigenvalue weighted by Crippen LogP contribution is 2.38. The summed E-state index contributed by atoms with van der Waals surface area (Å²) in [6.45, 7) is -0.120. The molecule has 1 unspecified atom stereocenters. The smallest absolute Gasteiger partial charge is 0.320 e. The fourth-order valence-corrected chi connectivity index (χ4v) is 5.69. The summed E-state index contributed by atoms with van der Waals surface area (Å²) in [5.41, 5.74) is 5.84. The number of carbonyl (C=O) groups is 2. The molecule has 13 nitrogen and oxygen atoms in total. The molecule has 1 amide bonds. The van der Waals surface area contributed by atoms with E-state index < -0.39 is 35.5 Å². The van der Waals surface area contributed by atoms with Gasteiger partial charge in [0.1, 0.15) is 23.5 Å². The monoisotopic (exact) mass is 657 g/mol. The first kappa shape index (κ1) is 32.2. The fraction of sp³-hybridized carbons (Fsp3) is 0.235. The molecule has 0 aliphatic carbocycles. The number of anilines is 1. The van der Waals surface area contributed by atoms with Crippen molar-refractivity contribution in [2.24, 2.45) is 12.8 Å². The van der Waals surface area contributed by atoms with Crippen LogP contribution in [0.5, 0.6) is 23.0 Å². The molecular weight excluding hydrogens is 625 g/mol. The lowest BCUT2D eigenvalue weighted by Gasteiger charge is -2.21. The lowest BCUT2D eigenvalue weighted by atomic mass is 10.1. The molecule has 6 rings (SSSR count). The summed E-state index contributed by atoms with van der Waals surface area (Å²) in [5.74, 6) is -1.12. The normalized spacial score (nSPS) is 15.7. The molecule has 2 aromatic heterocycles. The van der Waals surface area contributed by atoms with Crippen LogP contribution < -0.4 is 30.8 Å². The summed E-state index contributed by atoms with van der Waals surface area (Å²) in [7, 11) is 4.61. The number of nitrogens with zero attached hydrogens (tertiary/aromatic N) is 3. The quantitative estimate of drug-likeness (QED) is 0.208. The second kappa shape index (κ2) is 13.6. The Balaban J connectivity index is 1.32. The molecule has 1 fully saturated rings. The van der Waals surface area contributed by atoms with E-state index in [-0.39, 0.29) is 35.8 Å². The number of aromatic nitrogens is 3. The highest BCUT2D eigenvalue weighted by atomic mass is 19.1. The molecule has 0 radical (unpaired) electrons. The average Bonchev–Trinajstić information content (AvgIpc) is 3.65. The van der Waals surface area contributed by atoms with Crippen LogP contribution in [-0.2, 0) is 21.3 Å². The van der Waals surface area contributed by atoms with Gasteiger partial charge < -0.3 is 34.7 Å². The van der Waals surface area contributed by atoms with Crippen molar-refractivity contribution in [3.8, 4) is 28.7 Å². The van der Waals surface area contributed by atoms with Crippen LogP contribution in [0, 0.1) is 5.82 Å². The SMILES string of the molecule is COc1cc2nccc(Oc3ccc(NC(=O)c4c([C@H]5OCCC5OC(=O)CN)n(C)n(-c5ccccc5)c4=O)cc3F)c2cc1OC. The lowest BCUT2D eigenvalue weighted by Crippen LogP contribution is -2.29. The van der Waals surface area contributed by atoms with Crippen LogP contribution in [0.2, 0.25) is 0 Å². The summed E-state index contributed by atoms with van der Waals surface area (Å²) >= 11 is 0. The maximum Gasteiger partial charge on any atom is 0.320 e. The predicted octanol–water partition coefficient (Wildman–Crippen LogP) is 4.26. The van der Waals surface area contributed by atoms with Crippen molar-refractivity contribution < 1.29 is 37.7 Å². The summed E-state index contributed by atoms with van der Waals surface area (Å²) in [6.07, 6.45) is 0.127. The molecular formula is C34H32FN5O8. The van der Waals surface area contributed by atoms with Gasteiger partial charge in [0.05, 0.1) is 44.3 Å². The molecule has 248 valence electrons. The van der Waals surface area contributed by atoms with E-state index in [1.165, 1.54) is 41.9 Å². The van der Waals surface area contributed by atoms with Crippen LogP contribution in [0.15, 0.2) is 77.7 Å². The van der Waals surface area contributed by atoms with Crippen LogP contribution in [0.25, 0.3) is 16.6 Å². The minimum absolute atomic E-state index is 0.0646. The topological polar surface area (TPSA) is 158 Å². The fourth-order valence-electron chi connectivity index (χ4n) is 5.69. The summed E-state index contributed by atoms with van der Waals surface area (Å²) in [6, 6.07) is 17.5. The molecule has 3 N–H and O–H groups in total. The first-order valence-electron chi connectivity index (χ1n) is 14.9. The minimum Gasteiger partial charge on any atom is -0.493 e. The van der Waals surface area contributed by atoms with Crippen molar-refractivity contribution in [2.45, 2.75) is 18.6 Å². The summed E-state index contributed by atoms with van der Waals surface area (Å²) in [5, 5.41) is 3.18. The maximum atomic E-state index is 15.5. The van der Waals surface area contributed by atoms with Gasteiger partial charge in [-0.3, -0.25) is 24.0 Å². The molecule has 3 aromatic carbocycles. The van der Waals surface area contributed by atoms with Crippen molar-refractivity contribution in [3.63, 3.8) is 0 Å². The molecule has 0 bridgehead atoms. The number of rotatable bonds is 10. The van der Waals surface area contributed by atoms with Crippen molar-refractivity contribution in [2.75, 3.05) is 32.7 Å². The zero-order chi connectivity index (χ0) is 33.9. The van der Waals surface area contributed by atoms with Gasteiger partial charge in [-0.15, -0.1) is 0 Å². The Bertz CT molecular complexity index is 2060. The van der Waals surface area contributed by atoms with Gasteiger partial charge >= 0.3 is 5.97 Å². The number of nitrogens with one attached hydrogen (secondary N) is 1. The van der Waals surface area contributed by atoms with E-state index in [0.29, 0.717) is 40.3 Å². The number of ether oxygens (including phenoxy) is 5. The van der Waals surface area contributed by atoms with Crippen LogP contribution in [0.1, 0.15) is 28.6 Å². The van der Waals surface area contributed by atoms with E-state index in [4.69, 9.17) is 29.4 Å². The number of pyridine rings is 1. The van der Waals surface area contributed by atoms with E-state index in [2.05, 4.69) is 10.3 Å². The van der Waals surface area contributed by atoms with Crippen molar-refractivity contribution in [1.82, 2.24) is 14.3 Å². The third kappa shape index (κ3) is 6.06. The van der Waals surface area contributed by atoms with Crippen molar-refractivity contribution in [3.05, 3.63) is 100 Å². The Morgan fingerprint density at radius 1 is 1.02 bits per heavy atom. The van der Waals surface area contributed by atoms with Gasteiger partial charge in [-0.05, 0) is 36.4 Å². The number of esters is 1. The first-order valence-corrected chi connectivity index (χ1v) is 14.9. The zero-order valence-corrected chi connectivity index (χ0v) is 26.3. The Hall–Kier alpha value is -5.73. The largest absolute Gasteiger partial charge is 0.493 e. The van der Waals surface area contributed by atoms with Gasteiger partial charge in [-0.1, -0.05) is 18.2 Å². The molecule has 1 aliphatic heterocycles. The Labute approximate surface area is 273 Å². The summed E-state index contributed by atoms with van der Waals surface area (Å²) < 4.78 is 46.3. The number of amides is 1. The number of nitrogens with two attached hydrogens (primary N) is 1. The second-order valence-electron chi connectivity index (χ2n) is 10.8. The molecule has 0 saturated carbocycles. The molecule has 3 heterocycles. The van der Waals surface area contributed by atoms with E-state index >= 15 is 4.39 Å². The first-order chi connectivity index (χ1) is 23.2. The van der Waals surface area contributed by atoms with Crippen molar-refractivity contribution in [1.29, 1.82) is 0 Å². The maximum absolute atomic E-state index is 15.5. The minimum atomic E-state index is -0.940. The van der Waals surface area contributed by atoms with Gasteiger partial charge in [-0.25, -0.2) is 9.07 Å². The number of carbonyl (C=O) groups excluding carboxylic acids is 2. The third-order valence-electron chi connectivity index (χ3n) is 7.91. The molecule has 0 spiro atoms. The predicted molar refractivity (Wildman–Crippen MR) is 173 cm³/mol.